The van der Waals surface area contributed by atoms with Crippen molar-refractivity contribution in [1.29, 1.82) is 0 Å². The number of hydrogen-bond acceptors (Lipinski definition) is 6. The third kappa shape index (κ3) is 8.70. The molecule has 0 N–H and O–H groups in total. The van der Waals surface area contributed by atoms with E-state index < -0.39 is 17.5 Å². The smallest absolute Gasteiger partial charge is 0.766 e. The molecule has 0 aliphatic rings. The molecule has 0 heterocycles. The summed E-state index contributed by atoms with van der Waals surface area (Å²) >= 11 is 8.69. The van der Waals surface area contributed by atoms with Crippen molar-refractivity contribution >= 4 is 39.9 Å². The van der Waals surface area contributed by atoms with Gasteiger partial charge in [-0.15, -0.1) is 0 Å². The third-order valence-electron chi connectivity index (χ3n) is 2.97. The Bertz CT molecular complexity index is 832. The summed E-state index contributed by atoms with van der Waals surface area (Å²) in [5.41, 5.74) is 3.66. The summed E-state index contributed by atoms with van der Waals surface area (Å²) in [4.78, 5) is 0.435. The SMILES string of the molecule is Cc1cc(C)cc(S(=O)([O-])=S)c1.Cc1cc(C)cc(S(=O)([O-])=S)c1.[Cu+2]. The minimum atomic E-state index is -3.46. The molecule has 0 aliphatic carbocycles. The minimum Gasteiger partial charge on any atom is -0.766 e. The fraction of sp³-hybridized carbons (Fsp3) is 0.250. The Morgan fingerprint density at radius 1 is 0.640 bits per heavy atom. The average Bonchev–Trinajstić information content (AvgIpc) is 2.35. The number of aryl methyl sites for hydroxylation is 4. The van der Waals surface area contributed by atoms with Crippen LogP contribution in [0.1, 0.15) is 22.3 Å². The van der Waals surface area contributed by atoms with Crippen LogP contribution in [0.2, 0.25) is 0 Å². The molecule has 9 heteroatoms. The van der Waals surface area contributed by atoms with Gasteiger partial charge in [-0.2, -0.15) is 0 Å². The minimum absolute atomic E-state index is 0. The van der Waals surface area contributed by atoms with Crippen LogP contribution < -0.4 is 0 Å². The van der Waals surface area contributed by atoms with E-state index in [-0.39, 0.29) is 26.9 Å². The monoisotopic (exact) mass is 465 g/mol. The Morgan fingerprint density at radius 3 is 1.00 bits per heavy atom. The maximum atomic E-state index is 11.0. The van der Waals surface area contributed by atoms with Crippen LogP contribution >= 0.6 is 0 Å². The fourth-order valence-corrected chi connectivity index (χ4v) is 4.05. The number of benzene rings is 2. The number of rotatable bonds is 2. The molecule has 141 valence electrons. The predicted octanol–water partition coefficient (Wildman–Crippen LogP) is 3.08. The zero-order valence-electron chi connectivity index (χ0n) is 14.0. The summed E-state index contributed by atoms with van der Waals surface area (Å²) in [7, 11) is -6.93. The van der Waals surface area contributed by atoms with Crippen LogP contribution in [0.4, 0.5) is 0 Å². The first-order valence-electron chi connectivity index (χ1n) is 6.87. The van der Waals surface area contributed by atoms with Gasteiger partial charge in [0.05, 0.1) is 0 Å². The molecule has 2 unspecified atom stereocenters. The Labute approximate surface area is 169 Å². The van der Waals surface area contributed by atoms with Crippen molar-refractivity contribution < 1.29 is 34.6 Å². The molecule has 0 aliphatic heterocycles. The van der Waals surface area contributed by atoms with Gasteiger partial charge in [0.25, 0.3) is 0 Å². The maximum Gasteiger partial charge on any atom is 2.00 e. The molecule has 0 aromatic heterocycles. The van der Waals surface area contributed by atoms with E-state index in [9.17, 15) is 17.5 Å². The molecule has 0 fully saturated rings. The normalized spacial score (nSPS) is 15.0. The van der Waals surface area contributed by atoms with E-state index >= 15 is 0 Å². The summed E-state index contributed by atoms with van der Waals surface area (Å²) in [6.07, 6.45) is 0. The predicted molar refractivity (Wildman–Crippen MR) is 101 cm³/mol. The van der Waals surface area contributed by atoms with Crippen LogP contribution in [0, 0.1) is 27.7 Å². The summed E-state index contributed by atoms with van der Waals surface area (Å²) in [6, 6.07) is 10.1. The van der Waals surface area contributed by atoms with Crippen LogP contribution in [0.3, 0.4) is 0 Å². The molecular formula is C16H18CuO4S4. The van der Waals surface area contributed by atoms with Gasteiger partial charge in [-0.3, -0.25) is 8.42 Å². The molecule has 2 aromatic carbocycles. The molecule has 0 amide bonds. The van der Waals surface area contributed by atoms with Crippen LogP contribution in [0.25, 0.3) is 0 Å². The standard InChI is InChI=1S/2C8H10O2S2.Cu/c2*1-6-3-7(2)5-8(4-6)12(9,10)11;/h2*3-5H,1-2H3,(H,9,10,11);/q;;+2/p-2. The van der Waals surface area contributed by atoms with Crippen LogP contribution in [-0.4, -0.2) is 17.5 Å². The first kappa shape index (κ1) is 24.6. The molecule has 2 aromatic rings. The molecule has 0 saturated carbocycles. The van der Waals surface area contributed by atoms with Gasteiger partial charge < -0.3 is 9.11 Å². The van der Waals surface area contributed by atoms with Crippen molar-refractivity contribution in [2.75, 3.05) is 0 Å². The summed E-state index contributed by atoms with van der Waals surface area (Å²) < 4.78 is 43.8. The molecule has 0 spiro atoms. The van der Waals surface area contributed by atoms with Crippen molar-refractivity contribution in [2.45, 2.75) is 37.5 Å². The van der Waals surface area contributed by atoms with Gasteiger partial charge in [0.15, 0.2) is 0 Å². The molecule has 4 nitrogen and oxygen atoms in total. The fourth-order valence-electron chi connectivity index (χ4n) is 2.15. The Hall–Kier alpha value is -0.381. The Balaban J connectivity index is 0.000000443. The van der Waals surface area contributed by atoms with Gasteiger partial charge in [0.2, 0.25) is 0 Å². The zero-order chi connectivity index (χ0) is 18.7. The molecule has 1 radical (unpaired) electrons. The van der Waals surface area contributed by atoms with E-state index in [1.54, 1.807) is 24.3 Å². The largest absolute Gasteiger partial charge is 2.00 e. The molecule has 0 saturated heterocycles. The van der Waals surface area contributed by atoms with Crippen molar-refractivity contribution in [3.8, 4) is 0 Å². The zero-order valence-corrected chi connectivity index (χ0v) is 18.2. The average molecular weight is 466 g/mol. The van der Waals surface area contributed by atoms with Gasteiger partial charge in [-0.05, 0) is 114 Å². The van der Waals surface area contributed by atoms with Crippen molar-refractivity contribution in [2.24, 2.45) is 0 Å². The van der Waals surface area contributed by atoms with E-state index in [1.807, 2.05) is 39.8 Å². The van der Waals surface area contributed by atoms with E-state index in [1.165, 1.54) is 0 Å². The van der Waals surface area contributed by atoms with Crippen LogP contribution in [0.15, 0.2) is 46.2 Å². The quantitative estimate of drug-likeness (QED) is 0.634. The molecule has 2 rings (SSSR count). The molecule has 0 bridgehead atoms. The van der Waals surface area contributed by atoms with E-state index in [0.717, 1.165) is 22.3 Å². The molecular weight excluding hydrogens is 448 g/mol. The van der Waals surface area contributed by atoms with Gasteiger partial charge in [0.1, 0.15) is 0 Å². The molecule has 25 heavy (non-hydrogen) atoms. The Morgan fingerprint density at radius 2 is 0.840 bits per heavy atom. The Kier molecular flexibility index (Phi) is 9.38. The van der Waals surface area contributed by atoms with Crippen molar-refractivity contribution in [1.82, 2.24) is 0 Å². The van der Waals surface area contributed by atoms with Gasteiger partial charge in [-0.1, -0.05) is 12.1 Å². The first-order valence-corrected chi connectivity index (χ1v) is 11.7. The second-order valence-corrected chi connectivity index (χ2v) is 10.9. The topological polar surface area (TPSA) is 80.3 Å². The summed E-state index contributed by atoms with van der Waals surface area (Å²) in [5.74, 6) is 0. The van der Waals surface area contributed by atoms with E-state index in [0.29, 0.717) is 0 Å². The van der Waals surface area contributed by atoms with Gasteiger partial charge in [0, 0.05) is 9.79 Å². The van der Waals surface area contributed by atoms with Gasteiger partial charge in [-0.25, -0.2) is 0 Å². The number of hydrogen-bond donors (Lipinski definition) is 0. The summed E-state index contributed by atoms with van der Waals surface area (Å²) in [6.45, 7) is 7.38. The summed E-state index contributed by atoms with van der Waals surface area (Å²) in [5, 5.41) is 0. The van der Waals surface area contributed by atoms with Crippen molar-refractivity contribution in [3.63, 3.8) is 0 Å². The van der Waals surface area contributed by atoms with Crippen LogP contribution in [0.5, 0.6) is 0 Å². The maximum absolute atomic E-state index is 11.0. The molecule has 2 atom stereocenters. The first-order chi connectivity index (χ1) is 10.8. The second kappa shape index (κ2) is 9.52. The van der Waals surface area contributed by atoms with Gasteiger partial charge >= 0.3 is 17.1 Å². The van der Waals surface area contributed by atoms with Crippen LogP contribution in [-0.2, 0) is 57.0 Å². The second-order valence-electron chi connectivity index (χ2n) is 5.56. The van der Waals surface area contributed by atoms with E-state index in [2.05, 4.69) is 22.4 Å². The van der Waals surface area contributed by atoms with Crippen molar-refractivity contribution in [3.05, 3.63) is 58.7 Å². The third-order valence-corrected chi connectivity index (χ3v) is 5.75. The van der Waals surface area contributed by atoms with E-state index in [4.69, 9.17) is 0 Å².